The highest BCUT2D eigenvalue weighted by atomic mass is 35.5. The Labute approximate surface area is 157 Å². The first-order chi connectivity index (χ1) is 12.2. The van der Waals surface area contributed by atoms with Crippen molar-refractivity contribution in [3.05, 3.63) is 47.0 Å². The molecule has 2 aromatic rings. The summed E-state index contributed by atoms with van der Waals surface area (Å²) in [5, 5.41) is 13.7. The van der Waals surface area contributed by atoms with Crippen molar-refractivity contribution < 1.29 is 5.11 Å². The molecule has 0 aliphatic rings. The number of benzene rings is 2. The molecule has 0 aromatic heterocycles. The van der Waals surface area contributed by atoms with Gasteiger partial charge in [-0.1, -0.05) is 81.5 Å². The number of hydrogen-bond acceptors (Lipinski definition) is 2. The summed E-state index contributed by atoms with van der Waals surface area (Å²) in [7, 11) is 0. The van der Waals surface area contributed by atoms with Crippen LogP contribution in [0.4, 0.5) is 0 Å². The minimum Gasteiger partial charge on any atom is -0.387 e. The molecule has 0 bridgehead atoms. The minimum atomic E-state index is -0.481. The molecule has 1 atom stereocenters. The maximum absolute atomic E-state index is 10.9. The molecule has 0 amide bonds. The largest absolute Gasteiger partial charge is 0.387 e. The molecule has 0 heterocycles. The predicted octanol–water partition coefficient (Wildman–Crippen LogP) is 6.21. The zero-order valence-corrected chi connectivity index (χ0v) is 16.4. The van der Waals surface area contributed by atoms with Gasteiger partial charge in [0.1, 0.15) is 0 Å². The normalized spacial score (nSPS) is 12.8. The van der Waals surface area contributed by atoms with Crippen LogP contribution in [0.5, 0.6) is 0 Å². The highest BCUT2D eigenvalue weighted by molar-refractivity contribution is 6.35. The number of aliphatic hydroxyl groups excluding tert-OH is 1. The van der Waals surface area contributed by atoms with E-state index in [1.54, 1.807) is 0 Å². The molecule has 1 N–H and O–H groups in total. The molecule has 2 nitrogen and oxygen atoms in total. The zero-order chi connectivity index (χ0) is 18.1. The lowest BCUT2D eigenvalue weighted by Crippen LogP contribution is -2.31. The first-order valence-corrected chi connectivity index (χ1v) is 10.1. The Morgan fingerprint density at radius 1 is 0.880 bits per heavy atom. The molecule has 0 radical (unpaired) electrons. The second kappa shape index (κ2) is 10.8. The molecule has 0 fully saturated rings. The Morgan fingerprint density at radius 3 is 2.08 bits per heavy atom. The summed E-state index contributed by atoms with van der Waals surface area (Å²) >= 11 is 6.32. The van der Waals surface area contributed by atoms with Gasteiger partial charge in [0.05, 0.1) is 6.10 Å². The quantitative estimate of drug-likeness (QED) is 0.481. The van der Waals surface area contributed by atoms with Gasteiger partial charge in [0.25, 0.3) is 0 Å². The van der Waals surface area contributed by atoms with E-state index in [4.69, 9.17) is 11.6 Å². The molecule has 0 spiro atoms. The smallest absolute Gasteiger partial charge is 0.0922 e. The number of rotatable bonds is 11. The van der Waals surface area contributed by atoms with Crippen LogP contribution in [0.1, 0.15) is 64.0 Å². The van der Waals surface area contributed by atoms with Crippen molar-refractivity contribution in [3.8, 4) is 0 Å². The van der Waals surface area contributed by atoms with Gasteiger partial charge in [0, 0.05) is 17.0 Å². The topological polar surface area (TPSA) is 23.5 Å². The van der Waals surface area contributed by atoms with Crippen LogP contribution in [0, 0.1) is 0 Å². The van der Waals surface area contributed by atoms with E-state index in [0.717, 1.165) is 34.4 Å². The van der Waals surface area contributed by atoms with E-state index < -0.39 is 6.10 Å². The third kappa shape index (κ3) is 5.99. The maximum atomic E-state index is 10.9. The summed E-state index contributed by atoms with van der Waals surface area (Å²) in [5.74, 6) is 0. The summed E-state index contributed by atoms with van der Waals surface area (Å²) in [4.78, 5) is 2.43. The number of hydrogen-bond donors (Lipinski definition) is 1. The lowest BCUT2D eigenvalue weighted by molar-refractivity contribution is 0.111. The number of nitrogens with zero attached hydrogens (tertiary/aromatic N) is 1. The summed E-state index contributed by atoms with van der Waals surface area (Å²) in [6.07, 6.45) is 6.90. The van der Waals surface area contributed by atoms with Gasteiger partial charge in [-0.2, -0.15) is 0 Å². The molecular formula is C22H32ClNO. The molecule has 0 saturated heterocycles. The molecule has 3 heteroatoms. The summed E-state index contributed by atoms with van der Waals surface area (Å²) < 4.78 is 0. The van der Waals surface area contributed by atoms with Gasteiger partial charge in [0.15, 0.2) is 0 Å². The molecule has 138 valence electrons. The fourth-order valence-electron chi connectivity index (χ4n) is 3.38. The molecule has 0 aliphatic carbocycles. The van der Waals surface area contributed by atoms with Gasteiger partial charge < -0.3 is 10.0 Å². The SMILES string of the molecule is CCCCCN(CCCCC)CC(O)c1ccc(Cl)c2ccccc12. The van der Waals surface area contributed by atoms with Crippen molar-refractivity contribution in [1.82, 2.24) is 4.90 Å². The van der Waals surface area contributed by atoms with E-state index in [1.807, 2.05) is 30.3 Å². The Hall–Kier alpha value is -1.09. The first kappa shape index (κ1) is 20.2. The Bertz CT molecular complexity index is 633. The number of aliphatic hydroxyl groups is 1. The van der Waals surface area contributed by atoms with E-state index in [0.29, 0.717) is 6.54 Å². The van der Waals surface area contributed by atoms with Crippen LogP contribution in [0.3, 0.4) is 0 Å². The van der Waals surface area contributed by atoms with Crippen LogP contribution in [0.2, 0.25) is 5.02 Å². The Morgan fingerprint density at radius 2 is 1.48 bits per heavy atom. The summed E-state index contributed by atoms with van der Waals surface area (Å²) in [6.45, 7) is 7.30. The molecule has 2 rings (SSSR count). The van der Waals surface area contributed by atoms with Crippen LogP contribution >= 0.6 is 11.6 Å². The average molecular weight is 362 g/mol. The molecular weight excluding hydrogens is 330 g/mol. The van der Waals surface area contributed by atoms with Crippen LogP contribution in [-0.4, -0.2) is 29.6 Å². The average Bonchev–Trinajstić information content (AvgIpc) is 2.62. The fraction of sp³-hybridized carbons (Fsp3) is 0.545. The minimum absolute atomic E-state index is 0.481. The van der Waals surface area contributed by atoms with Gasteiger partial charge in [-0.05, 0) is 42.9 Å². The third-order valence-electron chi connectivity index (χ3n) is 4.85. The lowest BCUT2D eigenvalue weighted by atomic mass is 10.00. The van der Waals surface area contributed by atoms with Crippen LogP contribution in [-0.2, 0) is 0 Å². The number of unbranched alkanes of at least 4 members (excludes halogenated alkanes) is 4. The van der Waals surface area contributed by atoms with Crippen molar-refractivity contribution in [3.63, 3.8) is 0 Å². The first-order valence-electron chi connectivity index (χ1n) is 9.75. The van der Waals surface area contributed by atoms with Crippen molar-refractivity contribution in [2.45, 2.75) is 58.5 Å². The van der Waals surface area contributed by atoms with Gasteiger partial charge >= 0.3 is 0 Å². The van der Waals surface area contributed by atoms with Crippen LogP contribution < -0.4 is 0 Å². The number of fused-ring (bicyclic) bond motifs is 1. The monoisotopic (exact) mass is 361 g/mol. The maximum Gasteiger partial charge on any atom is 0.0922 e. The second-order valence-electron chi connectivity index (χ2n) is 6.91. The Balaban J connectivity index is 2.11. The second-order valence-corrected chi connectivity index (χ2v) is 7.32. The predicted molar refractivity (Wildman–Crippen MR) is 109 cm³/mol. The van der Waals surface area contributed by atoms with Gasteiger partial charge in [-0.25, -0.2) is 0 Å². The van der Waals surface area contributed by atoms with E-state index in [1.165, 1.54) is 38.5 Å². The van der Waals surface area contributed by atoms with E-state index in [-0.39, 0.29) is 0 Å². The lowest BCUT2D eigenvalue weighted by Gasteiger charge is -2.26. The highest BCUT2D eigenvalue weighted by Gasteiger charge is 2.16. The number of halogens is 1. The summed E-state index contributed by atoms with van der Waals surface area (Å²) in [5.41, 5.74) is 0.982. The van der Waals surface area contributed by atoms with Crippen LogP contribution in [0.25, 0.3) is 10.8 Å². The molecule has 2 aromatic carbocycles. The van der Waals surface area contributed by atoms with Gasteiger partial charge in [-0.3, -0.25) is 0 Å². The van der Waals surface area contributed by atoms with Crippen molar-refractivity contribution in [2.75, 3.05) is 19.6 Å². The third-order valence-corrected chi connectivity index (χ3v) is 5.18. The highest BCUT2D eigenvalue weighted by Crippen LogP contribution is 2.30. The van der Waals surface area contributed by atoms with Crippen molar-refractivity contribution in [2.24, 2.45) is 0 Å². The van der Waals surface area contributed by atoms with Crippen LogP contribution in [0.15, 0.2) is 36.4 Å². The van der Waals surface area contributed by atoms with Gasteiger partial charge in [-0.15, -0.1) is 0 Å². The van der Waals surface area contributed by atoms with Gasteiger partial charge in [0.2, 0.25) is 0 Å². The standard InChI is InChI=1S/C22H32ClNO/c1-3-5-9-15-24(16-10-6-4-2)17-22(25)20-13-14-21(23)19-12-8-7-11-18(19)20/h7-8,11-14,22,25H,3-6,9-10,15-17H2,1-2H3. The van der Waals surface area contributed by atoms with E-state index >= 15 is 0 Å². The van der Waals surface area contributed by atoms with E-state index in [2.05, 4.69) is 24.8 Å². The van der Waals surface area contributed by atoms with Crippen molar-refractivity contribution in [1.29, 1.82) is 0 Å². The van der Waals surface area contributed by atoms with E-state index in [9.17, 15) is 5.11 Å². The zero-order valence-electron chi connectivity index (χ0n) is 15.7. The fourth-order valence-corrected chi connectivity index (χ4v) is 3.61. The molecule has 25 heavy (non-hydrogen) atoms. The van der Waals surface area contributed by atoms with Crippen molar-refractivity contribution >= 4 is 22.4 Å². The molecule has 1 unspecified atom stereocenters. The Kier molecular flexibility index (Phi) is 8.74. The molecule has 0 saturated carbocycles. The summed E-state index contributed by atoms with van der Waals surface area (Å²) in [6, 6.07) is 12.0. The molecule has 0 aliphatic heterocycles.